The summed E-state index contributed by atoms with van der Waals surface area (Å²) >= 11 is 6.18. The van der Waals surface area contributed by atoms with Crippen LogP contribution in [0.4, 0.5) is 5.69 Å². The molecular formula is C21H19ClN2O4. The summed E-state index contributed by atoms with van der Waals surface area (Å²) in [6, 6.07) is 13.1. The van der Waals surface area contributed by atoms with Crippen molar-refractivity contribution in [3.8, 4) is 11.8 Å². The summed E-state index contributed by atoms with van der Waals surface area (Å²) in [6.07, 6.45) is 2.30. The number of anilines is 1. The number of amides is 1. The van der Waals surface area contributed by atoms with Gasteiger partial charge in [0.1, 0.15) is 17.4 Å². The number of esters is 1. The van der Waals surface area contributed by atoms with Gasteiger partial charge < -0.3 is 14.8 Å². The largest absolute Gasteiger partial charge is 0.492 e. The molecule has 2 aromatic carbocycles. The van der Waals surface area contributed by atoms with Gasteiger partial charge in [0.25, 0.3) is 5.91 Å². The lowest BCUT2D eigenvalue weighted by molar-refractivity contribution is -0.112. The van der Waals surface area contributed by atoms with Crippen LogP contribution in [0.5, 0.6) is 5.75 Å². The third kappa shape index (κ3) is 5.60. The Morgan fingerprint density at radius 1 is 1.21 bits per heavy atom. The van der Waals surface area contributed by atoms with Crippen molar-refractivity contribution in [1.82, 2.24) is 0 Å². The van der Waals surface area contributed by atoms with E-state index in [-0.39, 0.29) is 5.57 Å². The number of hydrogen-bond donors (Lipinski definition) is 1. The van der Waals surface area contributed by atoms with Crippen LogP contribution in [0.15, 0.2) is 48.0 Å². The van der Waals surface area contributed by atoms with Gasteiger partial charge in [0, 0.05) is 5.69 Å². The van der Waals surface area contributed by atoms with Crippen molar-refractivity contribution in [3.63, 3.8) is 0 Å². The second-order valence-electron chi connectivity index (χ2n) is 5.73. The maximum atomic E-state index is 12.4. The Kier molecular flexibility index (Phi) is 7.61. The highest BCUT2D eigenvalue weighted by Crippen LogP contribution is 2.26. The average Bonchev–Trinajstić information content (AvgIpc) is 2.71. The van der Waals surface area contributed by atoms with E-state index >= 15 is 0 Å². The van der Waals surface area contributed by atoms with Gasteiger partial charge in [-0.05, 0) is 54.5 Å². The fourth-order valence-corrected chi connectivity index (χ4v) is 2.50. The number of halogens is 1. The molecule has 0 saturated carbocycles. The van der Waals surface area contributed by atoms with Crippen molar-refractivity contribution in [2.24, 2.45) is 0 Å². The Bertz CT molecular complexity index is 930. The van der Waals surface area contributed by atoms with Gasteiger partial charge in [-0.15, -0.1) is 0 Å². The molecule has 2 rings (SSSR count). The fraction of sp³-hybridized carbons (Fsp3) is 0.190. The van der Waals surface area contributed by atoms with E-state index < -0.39 is 11.9 Å². The van der Waals surface area contributed by atoms with Gasteiger partial charge in [-0.2, -0.15) is 5.26 Å². The van der Waals surface area contributed by atoms with Crippen LogP contribution in [-0.4, -0.2) is 25.6 Å². The number of carbonyl (C=O) groups excluding carboxylic acids is 2. The van der Waals surface area contributed by atoms with Crippen molar-refractivity contribution in [1.29, 1.82) is 5.26 Å². The molecule has 0 aliphatic rings. The molecule has 0 fully saturated rings. The number of hydrogen-bond acceptors (Lipinski definition) is 5. The molecule has 0 aromatic heterocycles. The normalized spacial score (nSPS) is 10.7. The molecule has 0 bridgehead atoms. The van der Waals surface area contributed by atoms with Gasteiger partial charge in [-0.25, -0.2) is 4.79 Å². The number of nitrogens with one attached hydrogen (secondary N) is 1. The molecule has 7 heteroatoms. The van der Waals surface area contributed by atoms with Crippen LogP contribution < -0.4 is 10.1 Å². The summed E-state index contributed by atoms with van der Waals surface area (Å²) in [6.45, 7) is 2.54. The summed E-state index contributed by atoms with van der Waals surface area (Å²) in [5.74, 6) is -0.496. The minimum Gasteiger partial charge on any atom is -0.492 e. The molecule has 0 unspecified atom stereocenters. The third-order valence-electron chi connectivity index (χ3n) is 3.66. The van der Waals surface area contributed by atoms with Crippen molar-refractivity contribution < 1.29 is 19.1 Å². The van der Waals surface area contributed by atoms with E-state index in [0.29, 0.717) is 34.2 Å². The van der Waals surface area contributed by atoms with E-state index in [1.165, 1.54) is 25.3 Å². The van der Waals surface area contributed by atoms with E-state index in [9.17, 15) is 14.9 Å². The molecule has 0 aliphatic heterocycles. The second kappa shape index (κ2) is 10.1. The molecule has 144 valence electrons. The minimum atomic E-state index is -0.573. The molecule has 0 aliphatic carbocycles. The summed E-state index contributed by atoms with van der Waals surface area (Å²) < 4.78 is 10.1. The zero-order chi connectivity index (χ0) is 20.5. The highest BCUT2D eigenvalue weighted by molar-refractivity contribution is 6.32. The zero-order valence-electron chi connectivity index (χ0n) is 15.5. The minimum absolute atomic E-state index is 0.0877. The van der Waals surface area contributed by atoms with Gasteiger partial charge in [0.2, 0.25) is 0 Å². The van der Waals surface area contributed by atoms with Crippen LogP contribution >= 0.6 is 11.6 Å². The lowest BCUT2D eigenvalue weighted by Gasteiger charge is -2.08. The van der Waals surface area contributed by atoms with Crippen molar-refractivity contribution in [2.45, 2.75) is 13.3 Å². The standard InChI is InChI=1S/C21H19ClN2O4/c1-3-10-28-19-9-4-14(12-18(19)22)11-16(13-23)20(25)24-17-7-5-15(6-8-17)21(26)27-2/h4-9,11-12H,3,10H2,1-2H3,(H,24,25)/b16-11+. The first-order chi connectivity index (χ1) is 13.5. The van der Waals surface area contributed by atoms with Gasteiger partial charge in [-0.3, -0.25) is 4.79 Å². The molecular weight excluding hydrogens is 380 g/mol. The van der Waals surface area contributed by atoms with E-state index in [1.54, 1.807) is 30.3 Å². The summed E-state index contributed by atoms with van der Waals surface area (Å²) in [5.41, 5.74) is 1.31. The Morgan fingerprint density at radius 3 is 2.50 bits per heavy atom. The van der Waals surface area contributed by atoms with Crippen LogP contribution in [0.2, 0.25) is 5.02 Å². The monoisotopic (exact) mass is 398 g/mol. The van der Waals surface area contributed by atoms with Gasteiger partial charge in [0.15, 0.2) is 0 Å². The Balaban J connectivity index is 2.13. The predicted molar refractivity (Wildman–Crippen MR) is 107 cm³/mol. The molecule has 0 heterocycles. The number of rotatable bonds is 7. The number of carbonyl (C=O) groups is 2. The van der Waals surface area contributed by atoms with Gasteiger partial charge >= 0.3 is 5.97 Å². The van der Waals surface area contributed by atoms with E-state index in [2.05, 4.69) is 10.1 Å². The van der Waals surface area contributed by atoms with Crippen molar-refractivity contribution >= 4 is 35.2 Å². The lowest BCUT2D eigenvalue weighted by Crippen LogP contribution is -2.13. The zero-order valence-corrected chi connectivity index (χ0v) is 16.2. The average molecular weight is 399 g/mol. The highest BCUT2D eigenvalue weighted by Gasteiger charge is 2.11. The molecule has 6 nitrogen and oxygen atoms in total. The molecule has 0 spiro atoms. The number of ether oxygens (including phenoxy) is 2. The molecule has 0 atom stereocenters. The highest BCUT2D eigenvalue weighted by atomic mass is 35.5. The van der Waals surface area contributed by atoms with Crippen LogP contribution in [0.1, 0.15) is 29.3 Å². The molecule has 0 radical (unpaired) electrons. The maximum absolute atomic E-state index is 12.4. The summed E-state index contributed by atoms with van der Waals surface area (Å²) in [7, 11) is 1.29. The van der Waals surface area contributed by atoms with Crippen LogP contribution in [-0.2, 0) is 9.53 Å². The SMILES string of the molecule is CCCOc1ccc(/C=C(\C#N)C(=O)Nc2ccc(C(=O)OC)cc2)cc1Cl. The maximum Gasteiger partial charge on any atom is 0.337 e. The van der Waals surface area contributed by atoms with Gasteiger partial charge in [0.05, 0.1) is 24.3 Å². The topological polar surface area (TPSA) is 88.4 Å². The molecule has 1 amide bonds. The van der Waals surface area contributed by atoms with Crippen LogP contribution in [0.25, 0.3) is 6.08 Å². The molecule has 0 saturated heterocycles. The number of nitrogens with zero attached hydrogens (tertiary/aromatic N) is 1. The first-order valence-corrected chi connectivity index (χ1v) is 8.90. The number of methoxy groups -OCH3 is 1. The third-order valence-corrected chi connectivity index (χ3v) is 3.95. The summed E-state index contributed by atoms with van der Waals surface area (Å²) in [5, 5.41) is 12.3. The van der Waals surface area contributed by atoms with Gasteiger partial charge in [-0.1, -0.05) is 24.6 Å². The number of nitriles is 1. The van der Waals surface area contributed by atoms with Crippen molar-refractivity contribution in [3.05, 3.63) is 64.2 Å². The first kappa shape index (κ1) is 21.0. The van der Waals surface area contributed by atoms with Crippen LogP contribution in [0, 0.1) is 11.3 Å². The fourth-order valence-electron chi connectivity index (χ4n) is 2.26. The Labute approximate surface area is 168 Å². The number of benzene rings is 2. The van der Waals surface area contributed by atoms with Crippen LogP contribution in [0.3, 0.4) is 0 Å². The molecule has 1 N–H and O–H groups in total. The molecule has 28 heavy (non-hydrogen) atoms. The Hall–Kier alpha value is -3.30. The van der Waals surface area contributed by atoms with E-state index in [1.807, 2.05) is 13.0 Å². The van der Waals surface area contributed by atoms with E-state index in [0.717, 1.165) is 6.42 Å². The quantitative estimate of drug-likeness (QED) is 0.422. The smallest absolute Gasteiger partial charge is 0.337 e. The second-order valence-corrected chi connectivity index (χ2v) is 6.14. The van der Waals surface area contributed by atoms with Crippen molar-refractivity contribution in [2.75, 3.05) is 19.0 Å². The van der Waals surface area contributed by atoms with E-state index in [4.69, 9.17) is 16.3 Å². The summed E-state index contributed by atoms with van der Waals surface area (Å²) in [4.78, 5) is 23.8. The first-order valence-electron chi connectivity index (χ1n) is 8.52. The molecule has 2 aromatic rings. The Morgan fingerprint density at radius 2 is 1.93 bits per heavy atom. The lowest BCUT2D eigenvalue weighted by atomic mass is 10.1. The predicted octanol–water partition coefficient (Wildman–Crippen LogP) is 4.46.